The van der Waals surface area contributed by atoms with Gasteiger partial charge in [0.1, 0.15) is 5.69 Å². The molecular weight excluding hydrogens is 338 g/mol. The van der Waals surface area contributed by atoms with Gasteiger partial charge in [-0.25, -0.2) is 9.07 Å². The van der Waals surface area contributed by atoms with Crippen molar-refractivity contribution in [3.63, 3.8) is 0 Å². The summed E-state index contributed by atoms with van der Waals surface area (Å²) in [6, 6.07) is 1.25. The first-order valence-corrected chi connectivity index (χ1v) is 6.55. The van der Waals surface area contributed by atoms with Crippen molar-refractivity contribution in [2.75, 3.05) is 0 Å². The Bertz CT molecular complexity index is 662. The van der Waals surface area contributed by atoms with Gasteiger partial charge in [0, 0.05) is 12.1 Å². The van der Waals surface area contributed by atoms with E-state index in [-0.39, 0.29) is 10.5 Å². The Kier molecular flexibility index (Phi) is 4.07. The highest BCUT2D eigenvalue weighted by Crippen LogP contribution is 2.27. The van der Waals surface area contributed by atoms with Gasteiger partial charge in [0.05, 0.1) is 21.6 Å². The molecule has 1 unspecified atom stereocenters. The first-order valence-electron chi connectivity index (χ1n) is 5.64. The summed E-state index contributed by atoms with van der Waals surface area (Å²) < 4.78 is 28.0. The predicted octanol–water partition coefficient (Wildman–Crippen LogP) is 3.30. The molecule has 2 aromatic rings. The second kappa shape index (κ2) is 5.61. The van der Waals surface area contributed by atoms with E-state index in [1.807, 2.05) is 6.92 Å². The summed E-state index contributed by atoms with van der Waals surface area (Å²) in [5.74, 6) is -2.18. The van der Waals surface area contributed by atoms with Gasteiger partial charge in [-0.2, -0.15) is 4.39 Å². The SMILES string of the molecule is CCC(Br)c1cn(-c2cc([N+](=O)[O-])c(F)cc2F)nn1. The van der Waals surface area contributed by atoms with Crippen LogP contribution in [0.5, 0.6) is 0 Å². The van der Waals surface area contributed by atoms with Gasteiger partial charge in [-0.3, -0.25) is 10.1 Å². The molecular formula is C11H9BrF2N4O2. The van der Waals surface area contributed by atoms with Crippen molar-refractivity contribution in [3.05, 3.63) is 45.8 Å². The Balaban J connectivity index is 2.49. The third-order valence-corrected chi connectivity index (χ3v) is 3.77. The van der Waals surface area contributed by atoms with Crippen LogP contribution in [0.25, 0.3) is 5.69 Å². The van der Waals surface area contributed by atoms with Gasteiger partial charge in [-0.1, -0.05) is 28.1 Å². The number of aromatic nitrogens is 3. The van der Waals surface area contributed by atoms with Gasteiger partial charge < -0.3 is 0 Å². The number of alkyl halides is 1. The highest BCUT2D eigenvalue weighted by atomic mass is 79.9. The molecule has 106 valence electrons. The predicted molar refractivity (Wildman–Crippen MR) is 69.9 cm³/mol. The zero-order valence-electron chi connectivity index (χ0n) is 10.3. The molecule has 0 N–H and O–H groups in total. The Morgan fingerprint density at radius 3 is 2.75 bits per heavy atom. The van der Waals surface area contributed by atoms with Crippen LogP contribution in [0.4, 0.5) is 14.5 Å². The quantitative estimate of drug-likeness (QED) is 0.483. The maximum absolute atomic E-state index is 13.7. The van der Waals surface area contributed by atoms with E-state index in [0.29, 0.717) is 11.8 Å². The summed E-state index contributed by atoms with van der Waals surface area (Å²) in [6.45, 7) is 1.92. The van der Waals surface area contributed by atoms with E-state index in [1.165, 1.54) is 6.20 Å². The number of benzene rings is 1. The van der Waals surface area contributed by atoms with Crippen LogP contribution in [-0.2, 0) is 0 Å². The third-order valence-electron chi connectivity index (χ3n) is 2.65. The number of rotatable bonds is 4. The van der Waals surface area contributed by atoms with Crippen molar-refractivity contribution in [2.24, 2.45) is 0 Å². The summed E-state index contributed by atoms with van der Waals surface area (Å²) in [4.78, 5) is 9.69. The van der Waals surface area contributed by atoms with E-state index in [1.54, 1.807) is 0 Å². The van der Waals surface area contributed by atoms with Crippen LogP contribution in [0.1, 0.15) is 23.9 Å². The average Bonchev–Trinajstić information content (AvgIpc) is 2.86. The van der Waals surface area contributed by atoms with Crippen LogP contribution in [-0.4, -0.2) is 19.9 Å². The topological polar surface area (TPSA) is 73.8 Å². The molecule has 0 amide bonds. The molecule has 0 aliphatic carbocycles. The molecule has 1 atom stereocenters. The Morgan fingerprint density at radius 1 is 1.45 bits per heavy atom. The normalized spacial score (nSPS) is 12.4. The first kappa shape index (κ1) is 14.5. The van der Waals surface area contributed by atoms with E-state index in [2.05, 4.69) is 26.2 Å². The molecule has 0 saturated heterocycles. The lowest BCUT2D eigenvalue weighted by Crippen LogP contribution is -2.02. The maximum atomic E-state index is 13.7. The van der Waals surface area contributed by atoms with E-state index in [0.717, 1.165) is 17.2 Å². The molecule has 1 aromatic carbocycles. The summed E-state index contributed by atoms with van der Waals surface area (Å²) in [5, 5.41) is 18.2. The Morgan fingerprint density at radius 2 is 2.15 bits per heavy atom. The van der Waals surface area contributed by atoms with Gasteiger partial charge in [0.25, 0.3) is 0 Å². The molecule has 0 aliphatic heterocycles. The molecule has 0 spiro atoms. The lowest BCUT2D eigenvalue weighted by molar-refractivity contribution is -0.387. The van der Waals surface area contributed by atoms with Crippen molar-refractivity contribution >= 4 is 21.6 Å². The smallest absolute Gasteiger partial charge is 0.258 e. The summed E-state index contributed by atoms with van der Waals surface area (Å²) in [7, 11) is 0. The number of nitrogens with zero attached hydrogens (tertiary/aromatic N) is 4. The van der Waals surface area contributed by atoms with Crippen LogP contribution < -0.4 is 0 Å². The lowest BCUT2D eigenvalue weighted by atomic mass is 10.2. The monoisotopic (exact) mass is 346 g/mol. The van der Waals surface area contributed by atoms with Crippen molar-refractivity contribution < 1.29 is 13.7 Å². The molecule has 20 heavy (non-hydrogen) atoms. The van der Waals surface area contributed by atoms with E-state index in [9.17, 15) is 18.9 Å². The largest absolute Gasteiger partial charge is 0.307 e. The number of hydrogen-bond acceptors (Lipinski definition) is 4. The van der Waals surface area contributed by atoms with Gasteiger partial charge in [-0.15, -0.1) is 5.10 Å². The number of nitro groups is 1. The summed E-state index contributed by atoms with van der Waals surface area (Å²) in [6.07, 6.45) is 2.17. The molecule has 0 saturated carbocycles. The fraction of sp³-hybridized carbons (Fsp3) is 0.273. The molecule has 9 heteroatoms. The van der Waals surface area contributed by atoms with Crippen LogP contribution in [0.15, 0.2) is 18.3 Å². The standard InChI is InChI=1S/C11H9BrF2N4O2/c1-2-6(12)9-5-17(16-15-9)10-4-11(18(19)20)8(14)3-7(10)13/h3-6H,2H2,1H3. The molecule has 6 nitrogen and oxygen atoms in total. The molecule has 1 aromatic heterocycles. The zero-order chi connectivity index (χ0) is 14.9. The fourth-order valence-electron chi connectivity index (χ4n) is 1.59. The molecule has 0 radical (unpaired) electrons. The van der Waals surface area contributed by atoms with Crippen molar-refractivity contribution in [1.82, 2.24) is 15.0 Å². The lowest BCUT2D eigenvalue weighted by Gasteiger charge is -2.03. The maximum Gasteiger partial charge on any atom is 0.307 e. The van der Waals surface area contributed by atoms with Crippen LogP contribution in [0, 0.1) is 21.7 Å². The van der Waals surface area contributed by atoms with E-state index in [4.69, 9.17) is 0 Å². The van der Waals surface area contributed by atoms with E-state index < -0.39 is 22.2 Å². The zero-order valence-corrected chi connectivity index (χ0v) is 11.8. The van der Waals surface area contributed by atoms with E-state index >= 15 is 0 Å². The second-order valence-electron chi connectivity index (χ2n) is 3.98. The van der Waals surface area contributed by atoms with Crippen molar-refractivity contribution in [3.8, 4) is 5.69 Å². The summed E-state index contributed by atoms with van der Waals surface area (Å²) in [5.41, 5.74) is -0.490. The highest BCUT2D eigenvalue weighted by Gasteiger charge is 2.21. The number of nitro benzene ring substituents is 1. The minimum atomic E-state index is -1.23. The summed E-state index contributed by atoms with van der Waals surface area (Å²) >= 11 is 3.36. The fourth-order valence-corrected chi connectivity index (χ4v) is 1.80. The number of hydrogen-bond donors (Lipinski definition) is 0. The van der Waals surface area contributed by atoms with Crippen molar-refractivity contribution in [2.45, 2.75) is 18.2 Å². The van der Waals surface area contributed by atoms with Crippen LogP contribution in [0.2, 0.25) is 0 Å². The average molecular weight is 347 g/mol. The Labute approximate surface area is 120 Å². The van der Waals surface area contributed by atoms with Crippen molar-refractivity contribution in [1.29, 1.82) is 0 Å². The minimum Gasteiger partial charge on any atom is -0.258 e. The molecule has 0 bridgehead atoms. The Hall–Kier alpha value is -1.90. The highest BCUT2D eigenvalue weighted by molar-refractivity contribution is 9.09. The van der Waals surface area contributed by atoms with Crippen LogP contribution in [0.3, 0.4) is 0 Å². The number of halogens is 3. The van der Waals surface area contributed by atoms with Crippen LogP contribution >= 0.6 is 15.9 Å². The van der Waals surface area contributed by atoms with Gasteiger partial charge in [0.2, 0.25) is 5.82 Å². The van der Waals surface area contributed by atoms with Gasteiger partial charge >= 0.3 is 5.69 Å². The molecule has 2 rings (SSSR count). The minimum absolute atomic E-state index is 0.0604. The third kappa shape index (κ3) is 2.67. The first-order chi connectivity index (χ1) is 9.43. The molecule has 0 aliphatic rings. The van der Waals surface area contributed by atoms with Gasteiger partial charge in [-0.05, 0) is 6.42 Å². The molecule has 1 heterocycles. The van der Waals surface area contributed by atoms with Gasteiger partial charge in [0.15, 0.2) is 5.82 Å². The second-order valence-corrected chi connectivity index (χ2v) is 5.08. The molecule has 0 fully saturated rings.